The maximum atomic E-state index is 5.85. The minimum atomic E-state index is -0.109. The van der Waals surface area contributed by atoms with Gasteiger partial charge in [0.15, 0.2) is 0 Å². The Bertz CT molecular complexity index is 468. The van der Waals surface area contributed by atoms with Crippen molar-refractivity contribution in [2.24, 2.45) is 5.73 Å². The Hall–Kier alpha value is -1.54. The summed E-state index contributed by atoms with van der Waals surface area (Å²) in [5, 5.41) is 1.20. The van der Waals surface area contributed by atoms with Crippen molar-refractivity contribution in [3.05, 3.63) is 48.2 Å². The minimum Gasteiger partial charge on any atom is -0.357 e. The average Bonchev–Trinajstić information content (AvgIpc) is 2.59. The van der Waals surface area contributed by atoms with E-state index in [1.54, 1.807) is 6.08 Å². The third-order valence-corrected chi connectivity index (χ3v) is 2.41. The zero-order valence-electron chi connectivity index (χ0n) is 8.25. The van der Waals surface area contributed by atoms with Crippen LogP contribution in [-0.4, -0.2) is 4.98 Å². The summed E-state index contributed by atoms with van der Waals surface area (Å²) in [4.78, 5) is 3.29. The number of benzene rings is 1. The van der Waals surface area contributed by atoms with Gasteiger partial charge in [0.05, 0.1) is 6.04 Å². The van der Waals surface area contributed by atoms with Crippen LogP contribution < -0.4 is 5.73 Å². The van der Waals surface area contributed by atoms with Crippen LogP contribution in [0.15, 0.2) is 36.9 Å². The molecule has 1 aromatic heterocycles. The predicted molar refractivity (Wildman–Crippen MR) is 60.2 cm³/mol. The summed E-state index contributed by atoms with van der Waals surface area (Å²) in [6.45, 7) is 5.76. The monoisotopic (exact) mass is 186 g/mol. The predicted octanol–water partition coefficient (Wildman–Crippen LogP) is 2.66. The number of nitrogens with two attached hydrogens (primary N) is 1. The van der Waals surface area contributed by atoms with Crippen LogP contribution in [0.2, 0.25) is 0 Å². The molecule has 0 aliphatic heterocycles. The standard InChI is InChI=1S/C12H14N2/c1-3-10(13)12-7-9-5-4-8(2)6-11(9)14-12/h3-7,10,14H,1,13H2,2H3/t10-/m0/s1. The Morgan fingerprint density at radius 2 is 2.21 bits per heavy atom. The highest BCUT2D eigenvalue weighted by molar-refractivity contribution is 5.81. The van der Waals surface area contributed by atoms with Crippen molar-refractivity contribution in [2.75, 3.05) is 0 Å². The van der Waals surface area contributed by atoms with Gasteiger partial charge in [-0.15, -0.1) is 6.58 Å². The summed E-state index contributed by atoms with van der Waals surface area (Å²) in [5.41, 5.74) is 9.25. The highest BCUT2D eigenvalue weighted by atomic mass is 14.8. The third-order valence-electron chi connectivity index (χ3n) is 2.41. The first-order valence-electron chi connectivity index (χ1n) is 4.68. The molecule has 2 nitrogen and oxygen atoms in total. The molecule has 14 heavy (non-hydrogen) atoms. The molecule has 1 aromatic carbocycles. The van der Waals surface area contributed by atoms with E-state index >= 15 is 0 Å². The number of aromatic nitrogens is 1. The molecule has 0 aliphatic carbocycles. The molecule has 72 valence electrons. The Balaban J connectivity index is 2.56. The van der Waals surface area contributed by atoms with Crippen LogP contribution in [0.25, 0.3) is 10.9 Å². The molecule has 2 aromatic rings. The lowest BCUT2D eigenvalue weighted by molar-refractivity contribution is 0.880. The molecule has 0 radical (unpaired) electrons. The Kier molecular flexibility index (Phi) is 2.14. The summed E-state index contributed by atoms with van der Waals surface area (Å²) >= 11 is 0. The number of hydrogen-bond acceptors (Lipinski definition) is 1. The van der Waals surface area contributed by atoms with Crippen molar-refractivity contribution >= 4 is 10.9 Å². The molecule has 1 atom stereocenters. The van der Waals surface area contributed by atoms with E-state index in [1.807, 2.05) is 0 Å². The number of hydrogen-bond donors (Lipinski definition) is 2. The topological polar surface area (TPSA) is 41.8 Å². The van der Waals surface area contributed by atoms with Crippen molar-refractivity contribution < 1.29 is 0 Å². The lowest BCUT2D eigenvalue weighted by Gasteiger charge is -2.00. The fourth-order valence-corrected chi connectivity index (χ4v) is 1.57. The first kappa shape index (κ1) is 9.03. The van der Waals surface area contributed by atoms with Gasteiger partial charge in [0.25, 0.3) is 0 Å². The second-order valence-electron chi connectivity index (χ2n) is 3.58. The van der Waals surface area contributed by atoms with E-state index in [9.17, 15) is 0 Å². The molecule has 0 unspecified atom stereocenters. The summed E-state index contributed by atoms with van der Waals surface area (Å²) < 4.78 is 0. The molecule has 0 fully saturated rings. The maximum Gasteiger partial charge on any atom is 0.0631 e. The first-order valence-corrected chi connectivity index (χ1v) is 4.68. The Morgan fingerprint density at radius 3 is 2.93 bits per heavy atom. The molecule has 0 amide bonds. The van der Waals surface area contributed by atoms with Crippen molar-refractivity contribution in [3.8, 4) is 0 Å². The summed E-state index contributed by atoms with van der Waals surface area (Å²) in [5.74, 6) is 0. The van der Waals surface area contributed by atoms with Crippen LogP contribution in [0.5, 0.6) is 0 Å². The first-order chi connectivity index (χ1) is 6.70. The number of aromatic amines is 1. The van der Waals surface area contributed by atoms with Gasteiger partial charge in [0.2, 0.25) is 0 Å². The van der Waals surface area contributed by atoms with Crippen molar-refractivity contribution in [1.82, 2.24) is 4.98 Å². The molecule has 3 N–H and O–H groups in total. The van der Waals surface area contributed by atoms with Crippen LogP contribution in [-0.2, 0) is 0 Å². The molecule has 0 spiro atoms. The van der Waals surface area contributed by atoms with Crippen molar-refractivity contribution in [3.63, 3.8) is 0 Å². The Morgan fingerprint density at radius 1 is 1.43 bits per heavy atom. The Labute approximate surface area is 83.4 Å². The number of H-pyrrole nitrogens is 1. The van der Waals surface area contributed by atoms with Crippen molar-refractivity contribution in [2.45, 2.75) is 13.0 Å². The smallest absolute Gasteiger partial charge is 0.0631 e. The molecule has 1 heterocycles. The normalized spacial score (nSPS) is 13.0. The van der Waals surface area contributed by atoms with E-state index in [-0.39, 0.29) is 6.04 Å². The van der Waals surface area contributed by atoms with Crippen LogP contribution in [0.3, 0.4) is 0 Å². The van der Waals surface area contributed by atoms with Gasteiger partial charge in [-0.05, 0) is 30.0 Å². The van der Waals surface area contributed by atoms with Gasteiger partial charge >= 0.3 is 0 Å². The highest BCUT2D eigenvalue weighted by Crippen LogP contribution is 2.20. The second kappa shape index (κ2) is 3.31. The highest BCUT2D eigenvalue weighted by Gasteiger charge is 2.05. The lowest BCUT2D eigenvalue weighted by atomic mass is 10.2. The number of fused-ring (bicyclic) bond motifs is 1. The lowest BCUT2D eigenvalue weighted by Crippen LogP contribution is -2.06. The number of aryl methyl sites for hydroxylation is 1. The van der Waals surface area contributed by atoms with Gasteiger partial charge in [-0.2, -0.15) is 0 Å². The van der Waals surface area contributed by atoms with Gasteiger partial charge in [0, 0.05) is 11.2 Å². The zero-order chi connectivity index (χ0) is 10.1. The number of rotatable bonds is 2. The maximum absolute atomic E-state index is 5.85. The second-order valence-corrected chi connectivity index (χ2v) is 3.58. The molecule has 2 heteroatoms. The number of nitrogens with one attached hydrogen (secondary N) is 1. The quantitative estimate of drug-likeness (QED) is 0.695. The minimum absolute atomic E-state index is 0.109. The third kappa shape index (κ3) is 1.44. The van der Waals surface area contributed by atoms with Crippen molar-refractivity contribution in [1.29, 1.82) is 0 Å². The molecular formula is C12H14N2. The van der Waals surface area contributed by atoms with Gasteiger partial charge < -0.3 is 10.7 Å². The van der Waals surface area contributed by atoms with E-state index in [2.05, 4.69) is 42.8 Å². The molecule has 0 bridgehead atoms. The molecule has 0 saturated carbocycles. The molecule has 2 rings (SSSR count). The van der Waals surface area contributed by atoms with Gasteiger partial charge in [-0.1, -0.05) is 18.2 Å². The van der Waals surface area contributed by atoms with Crippen LogP contribution in [0, 0.1) is 6.92 Å². The molecular weight excluding hydrogens is 172 g/mol. The summed E-state index contributed by atoms with van der Waals surface area (Å²) in [6.07, 6.45) is 1.73. The van der Waals surface area contributed by atoms with E-state index in [0.29, 0.717) is 0 Å². The van der Waals surface area contributed by atoms with E-state index in [4.69, 9.17) is 5.73 Å². The van der Waals surface area contributed by atoms with Crippen LogP contribution >= 0.6 is 0 Å². The fourth-order valence-electron chi connectivity index (χ4n) is 1.57. The fraction of sp³-hybridized carbons (Fsp3) is 0.167. The van der Waals surface area contributed by atoms with E-state index in [0.717, 1.165) is 11.2 Å². The van der Waals surface area contributed by atoms with Crippen LogP contribution in [0.4, 0.5) is 0 Å². The van der Waals surface area contributed by atoms with E-state index < -0.39 is 0 Å². The SMILES string of the molecule is C=C[C@H](N)c1cc2ccc(C)cc2[nH]1. The molecule has 0 saturated heterocycles. The van der Waals surface area contributed by atoms with Gasteiger partial charge in [-0.3, -0.25) is 0 Å². The largest absolute Gasteiger partial charge is 0.357 e. The van der Waals surface area contributed by atoms with Gasteiger partial charge in [0.1, 0.15) is 0 Å². The van der Waals surface area contributed by atoms with E-state index in [1.165, 1.54) is 10.9 Å². The molecule has 0 aliphatic rings. The summed E-state index contributed by atoms with van der Waals surface area (Å²) in [6, 6.07) is 8.28. The van der Waals surface area contributed by atoms with Crippen LogP contribution in [0.1, 0.15) is 17.3 Å². The zero-order valence-corrected chi connectivity index (χ0v) is 8.25. The average molecular weight is 186 g/mol. The van der Waals surface area contributed by atoms with Gasteiger partial charge in [-0.25, -0.2) is 0 Å². The summed E-state index contributed by atoms with van der Waals surface area (Å²) in [7, 11) is 0.